The molecule has 224 valence electrons. The highest BCUT2D eigenvalue weighted by atomic mass is 35.5. The lowest BCUT2D eigenvalue weighted by Crippen LogP contribution is -2.49. The third kappa shape index (κ3) is 6.30. The van der Waals surface area contributed by atoms with Gasteiger partial charge in [0.15, 0.2) is 0 Å². The first-order valence-electron chi connectivity index (χ1n) is 13.4. The number of aliphatic hydroxyl groups is 2. The van der Waals surface area contributed by atoms with Crippen molar-refractivity contribution in [1.29, 1.82) is 5.26 Å². The number of aliphatic hydroxyl groups excluding tert-OH is 2. The van der Waals surface area contributed by atoms with E-state index in [-0.39, 0.29) is 53.3 Å². The summed E-state index contributed by atoms with van der Waals surface area (Å²) in [6.45, 7) is 0.196. The summed E-state index contributed by atoms with van der Waals surface area (Å²) in [5, 5.41) is 44.6. The Bertz CT molecular complexity index is 1660. The Morgan fingerprint density at radius 3 is 2.60 bits per heavy atom. The van der Waals surface area contributed by atoms with Gasteiger partial charge in [0.25, 0.3) is 11.8 Å². The van der Waals surface area contributed by atoms with Crippen LogP contribution in [-0.4, -0.2) is 75.2 Å². The normalized spacial score (nSPS) is 19.5. The second kappa shape index (κ2) is 12.6. The average molecular weight is 628 g/mol. The minimum Gasteiger partial charge on any atom is -0.480 e. The standard InChI is InChI=1S/C29H27Cl2N5O7/c30-19-7-17-12-36(28(40)15-2-1-14-4-6-43-23(14)10-15)5-3-18(17)25(31)24(19)27(39)35-20(29(41)42)11-33-26(34-13-32)16-8-21(37)22(38)9-16/h1-2,4,6-7,10,16,20-22,37-38H,3,5,8-9,11-12H2,(H,33,34)(H,35,39)(H,41,42)/t20-,21+,22+/m0/s1. The lowest BCUT2D eigenvalue weighted by Gasteiger charge is -2.30. The molecule has 1 fully saturated rings. The minimum atomic E-state index is -1.46. The number of halogens is 2. The third-order valence-electron chi connectivity index (χ3n) is 7.77. The van der Waals surface area contributed by atoms with Gasteiger partial charge in [-0.2, -0.15) is 10.3 Å². The van der Waals surface area contributed by atoms with E-state index in [4.69, 9.17) is 32.9 Å². The summed E-state index contributed by atoms with van der Waals surface area (Å²) in [5.41, 5.74) is 2.28. The zero-order valence-corrected chi connectivity index (χ0v) is 24.1. The molecule has 43 heavy (non-hydrogen) atoms. The van der Waals surface area contributed by atoms with E-state index in [1.165, 1.54) is 0 Å². The van der Waals surface area contributed by atoms with Crippen LogP contribution < -0.4 is 10.6 Å². The zero-order chi connectivity index (χ0) is 30.8. The van der Waals surface area contributed by atoms with Crippen molar-refractivity contribution in [3.05, 3.63) is 68.9 Å². The number of benzene rings is 2. The van der Waals surface area contributed by atoms with Crippen LogP contribution in [0.25, 0.3) is 11.0 Å². The first-order chi connectivity index (χ1) is 20.6. The van der Waals surface area contributed by atoms with Crippen molar-refractivity contribution < 1.29 is 34.1 Å². The molecule has 5 N–H and O–H groups in total. The largest absolute Gasteiger partial charge is 0.480 e. The zero-order valence-electron chi connectivity index (χ0n) is 22.6. The fraction of sp³-hybridized carbons (Fsp3) is 0.345. The van der Waals surface area contributed by atoms with Gasteiger partial charge in [-0.1, -0.05) is 29.3 Å². The van der Waals surface area contributed by atoms with Crippen LogP contribution in [0.2, 0.25) is 10.0 Å². The van der Waals surface area contributed by atoms with Crippen molar-refractivity contribution in [1.82, 2.24) is 15.5 Å². The molecule has 0 unspecified atom stereocenters. The van der Waals surface area contributed by atoms with Crippen molar-refractivity contribution in [2.75, 3.05) is 13.1 Å². The van der Waals surface area contributed by atoms with E-state index in [2.05, 4.69) is 15.6 Å². The molecule has 1 saturated carbocycles. The Morgan fingerprint density at radius 2 is 1.91 bits per heavy atom. The van der Waals surface area contributed by atoms with Crippen molar-refractivity contribution in [3.8, 4) is 6.19 Å². The fourth-order valence-electron chi connectivity index (χ4n) is 5.49. The van der Waals surface area contributed by atoms with Crippen LogP contribution in [0.5, 0.6) is 0 Å². The van der Waals surface area contributed by atoms with E-state index in [9.17, 15) is 29.7 Å². The molecule has 2 heterocycles. The minimum absolute atomic E-state index is 0.00897. The van der Waals surface area contributed by atoms with Gasteiger partial charge in [0.05, 0.1) is 34.1 Å². The number of nitrogens with zero attached hydrogens (tertiary/aromatic N) is 3. The lowest BCUT2D eigenvalue weighted by molar-refractivity contribution is -0.139. The third-order valence-corrected chi connectivity index (χ3v) is 8.48. The number of carboxylic acids is 1. The molecule has 1 aliphatic carbocycles. The van der Waals surface area contributed by atoms with E-state index in [0.717, 1.165) is 5.39 Å². The van der Waals surface area contributed by atoms with Crippen molar-refractivity contribution in [3.63, 3.8) is 0 Å². The SMILES string of the molecule is N#CN=C(NC[C@H](NC(=O)c1c(Cl)cc2c(c1Cl)CCN(C(=O)c1ccc3ccoc3c1)C2)C(=O)O)C1C[C@@H](O)[C@H](O)C1. The number of aliphatic carboxylic acids is 1. The number of carboxylic acid groups (broad SMARTS) is 1. The number of carbonyl (C=O) groups excluding carboxylic acids is 2. The average Bonchev–Trinajstić information content (AvgIpc) is 3.58. The quantitative estimate of drug-likeness (QED) is 0.149. The molecule has 14 heteroatoms. The Balaban J connectivity index is 1.29. The van der Waals surface area contributed by atoms with Gasteiger partial charge in [-0.05, 0) is 54.7 Å². The number of carbonyl (C=O) groups is 3. The van der Waals surface area contributed by atoms with E-state index >= 15 is 0 Å². The smallest absolute Gasteiger partial charge is 0.328 e. The Morgan fingerprint density at radius 1 is 1.16 bits per heavy atom. The number of aliphatic imine (C=N–C) groups is 1. The van der Waals surface area contributed by atoms with Gasteiger partial charge in [-0.25, -0.2) is 4.79 Å². The topological polar surface area (TPSA) is 188 Å². The van der Waals surface area contributed by atoms with E-state index in [1.807, 2.05) is 12.1 Å². The summed E-state index contributed by atoms with van der Waals surface area (Å²) in [6.07, 6.45) is 1.82. The van der Waals surface area contributed by atoms with Gasteiger partial charge in [0.2, 0.25) is 6.19 Å². The van der Waals surface area contributed by atoms with Gasteiger partial charge in [-0.15, -0.1) is 0 Å². The molecule has 5 rings (SSSR count). The highest BCUT2D eigenvalue weighted by molar-refractivity contribution is 6.40. The number of amides is 2. The molecule has 1 aromatic heterocycles. The number of amidine groups is 1. The van der Waals surface area contributed by atoms with Gasteiger partial charge in [0.1, 0.15) is 17.5 Å². The number of nitriles is 1. The van der Waals surface area contributed by atoms with E-state index < -0.39 is 36.0 Å². The number of hydrogen-bond acceptors (Lipinski definition) is 8. The van der Waals surface area contributed by atoms with Crippen LogP contribution in [0.1, 0.15) is 44.7 Å². The summed E-state index contributed by atoms with van der Waals surface area (Å²) in [4.78, 5) is 43.8. The number of nitrogens with one attached hydrogen (secondary N) is 2. The summed E-state index contributed by atoms with van der Waals surface area (Å²) in [5.74, 6) is -2.76. The predicted octanol–water partition coefficient (Wildman–Crippen LogP) is 2.72. The number of rotatable bonds is 7. The Hall–Kier alpha value is -4.15. The van der Waals surface area contributed by atoms with Crippen LogP contribution >= 0.6 is 23.2 Å². The maximum atomic E-state index is 13.2. The van der Waals surface area contributed by atoms with Crippen molar-refractivity contribution in [2.45, 2.75) is 44.1 Å². The second-order valence-corrected chi connectivity index (χ2v) is 11.3. The predicted molar refractivity (Wildman–Crippen MR) is 156 cm³/mol. The summed E-state index contributed by atoms with van der Waals surface area (Å²) >= 11 is 13.1. The first-order valence-corrected chi connectivity index (χ1v) is 14.2. The summed E-state index contributed by atoms with van der Waals surface area (Å²) < 4.78 is 5.41. The highest BCUT2D eigenvalue weighted by Crippen LogP contribution is 2.35. The molecule has 3 aromatic rings. The molecule has 0 saturated heterocycles. The summed E-state index contributed by atoms with van der Waals surface area (Å²) in [7, 11) is 0. The first kappa shape index (κ1) is 30.3. The number of hydrogen-bond donors (Lipinski definition) is 5. The second-order valence-electron chi connectivity index (χ2n) is 10.5. The molecule has 3 atom stereocenters. The number of furan rings is 1. The summed E-state index contributed by atoms with van der Waals surface area (Å²) in [6, 6.07) is 7.12. The van der Waals surface area contributed by atoms with Crippen LogP contribution in [0.3, 0.4) is 0 Å². The molecule has 0 bridgehead atoms. The van der Waals surface area contributed by atoms with Crippen molar-refractivity contribution in [2.24, 2.45) is 10.9 Å². The van der Waals surface area contributed by atoms with E-state index in [1.54, 1.807) is 35.6 Å². The Kier molecular flexibility index (Phi) is 8.89. The van der Waals surface area contributed by atoms with E-state index in [0.29, 0.717) is 35.2 Å². The lowest BCUT2D eigenvalue weighted by atomic mass is 9.96. The molecule has 12 nitrogen and oxygen atoms in total. The van der Waals surface area contributed by atoms with Gasteiger partial charge < -0.3 is 35.3 Å². The fourth-order valence-corrected chi connectivity index (χ4v) is 6.25. The molecule has 0 radical (unpaired) electrons. The maximum absolute atomic E-state index is 13.2. The molecule has 2 aromatic carbocycles. The number of fused-ring (bicyclic) bond motifs is 2. The molecule has 0 spiro atoms. The van der Waals surface area contributed by atoms with Crippen LogP contribution in [0.15, 0.2) is 46.0 Å². The molecule has 2 amide bonds. The molecule has 2 aliphatic rings. The van der Waals surface area contributed by atoms with Gasteiger partial charge in [-0.3, -0.25) is 9.59 Å². The molecular weight excluding hydrogens is 601 g/mol. The van der Waals surface area contributed by atoms with Gasteiger partial charge >= 0.3 is 5.97 Å². The highest BCUT2D eigenvalue weighted by Gasteiger charge is 2.35. The monoisotopic (exact) mass is 627 g/mol. The molecule has 1 aliphatic heterocycles. The van der Waals surface area contributed by atoms with Crippen LogP contribution in [0, 0.1) is 17.4 Å². The van der Waals surface area contributed by atoms with Gasteiger partial charge in [0, 0.05) is 36.5 Å². The van der Waals surface area contributed by atoms with Crippen molar-refractivity contribution >= 4 is 57.8 Å². The maximum Gasteiger partial charge on any atom is 0.328 e. The van der Waals surface area contributed by atoms with Crippen LogP contribution in [0.4, 0.5) is 0 Å². The van der Waals surface area contributed by atoms with Crippen LogP contribution in [-0.2, 0) is 17.8 Å². The molecular formula is C29H27Cl2N5O7. The Labute approximate surface area is 255 Å².